The minimum atomic E-state index is 0.203. The second kappa shape index (κ2) is 9.43. The maximum absolute atomic E-state index is 5.73. The van der Waals surface area contributed by atoms with E-state index in [0.29, 0.717) is 0 Å². The van der Waals surface area contributed by atoms with E-state index < -0.39 is 0 Å². The minimum Gasteiger partial charge on any atom is -0.491 e. The lowest BCUT2D eigenvalue weighted by molar-refractivity contribution is 0.242. The fraction of sp³-hybridized carbons (Fsp3) is 0.500. The van der Waals surface area contributed by atoms with Gasteiger partial charge in [0.25, 0.3) is 0 Å². The molecule has 0 bridgehead atoms. The van der Waals surface area contributed by atoms with Crippen molar-refractivity contribution in [2.45, 2.75) is 54.1 Å². The van der Waals surface area contributed by atoms with E-state index >= 15 is 0 Å². The van der Waals surface area contributed by atoms with E-state index in [4.69, 9.17) is 4.74 Å². The van der Waals surface area contributed by atoms with Gasteiger partial charge in [-0.25, -0.2) is 0 Å². The molecule has 2 rings (SSSR count). The average Bonchev–Trinajstić information content (AvgIpc) is 2.93. The van der Waals surface area contributed by atoms with Crippen LogP contribution in [0.15, 0.2) is 32.9 Å². The van der Waals surface area contributed by atoms with E-state index in [9.17, 15) is 0 Å². The van der Waals surface area contributed by atoms with Gasteiger partial charge < -0.3 is 4.74 Å². The van der Waals surface area contributed by atoms with E-state index in [-0.39, 0.29) is 6.10 Å². The Morgan fingerprint density at radius 3 is 2.68 bits per heavy atom. The zero-order chi connectivity index (χ0) is 15.8. The van der Waals surface area contributed by atoms with Crippen LogP contribution < -0.4 is 4.74 Å². The van der Waals surface area contributed by atoms with Gasteiger partial charge in [-0.3, -0.25) is 0 Å². The van der Waals surface area contributed by atoms with Crippen LogP contribution in [0.5, 0.6) is 5.75 Å². The number of hydrogen-bond acceptors (Lipinski definition) is 6. The third-order valence-corrected chi connectivity index (χ3v) is 6.09. The predicted molar refractivity (Wildman–Crippen MR) is 97.3 cm³/mol. The number of thioether (sulfide) groups is 2. The van der Waals surface area contributed by atoms with E-state index in [1.807, 2.05) is 37.7 Å². The Bertz CT molecular complexity index is 572. The molecule has 0 fully saturated rings. The van der Waals surface area contributed by atoms with Crippen LogP contribution in [-0.2, 0) is 5.75 Å². The van der Waals surface area contributed by atoms with Gasteiger partial charge in [-0.1, -0.05) is 60.3 Å². The molecule has 0 atom stereocenters. The first-order valence-corrected chi connectivity index (χ1v) is 10.3. The highest BCUT2D eigenvalue weighted by molar-refractivity contribution is 8.02. The van der Waals surface area contributed by atoms with Gasteiger partial charge in [0.1, 0.15) is 5.75 Å². The molecule has 3 nitrogen and oxygen atoms in total. The summed E-state index contributed by atoms with van der Waals surface area (Å²) in [6, 6.07) is 8.27. The van der Waals surface area contributed by atoms with Crippen molar-refractivity contribution < 1.29 is 4.74 Å². The molecule has 6 heteroatoms. The molecule has 0 amide bonds. The highest BCUT2D eigenvalue weighted by Gasteiger charge is 2.06. The van der Waals surface area contributed by atoms with Crippen molar-refractivity contribution in [1.82, 2.24) is 10.2 Å². The zero-order valence-corrected chi connectivity index (χ0v) is 15.7. The molecule has 22 heavy (non-hydrogen) atoms. The lowest BCUT2D eigenvalue weighted by Gasteiger charge is -2.10. The van der Waals surface area contributed by atoms with Crippen molar-refractivity contribution >= 4 is 34.9 Å². The molecule has 1 aromatic carbocycles. The summed E-state index contributed by atoms with van der Waals surface area (Å²) in [5.41, 5.74) is 1.25. The van der Waals surface area contributed by atoms with Gasteiger partial charge in [-0.05, 0) is 38.0 Å². The molecule has 0 aliphatic heterocycles. The lowest BCUT2D eigenvalue weighted by atomic mass is 10.2. The van der Waals surface area contributed by atoms with Gasteiger partial charge in [-0.15, -0.1) is 10.2 Å². The molecule has 0 aliphatic rings. The SMILES string of the molecule is CCCCSc1nnc(SCc2cccc(OC(C)C)c2)s1. The van der Waals surface area contributed by atoms with Crippen LogP contribution in [-0.4, -0.2) is 22.1 Å². The lowest BCUT2D eigenvalue weighted by Crippen LogP contribution is -2.05. The normalized spacial score (nSPS) is 11.1. The van der Waals surface area contributed by atoms with Crippen LogP contribution in [0.4, 0.5) is 0 Å². The number of rotatable bonds is 9. The minimum absolute atomic E-state index is 0.203. The van der Waals surface area contributed by atoms with Gasteiger partial charge in [0.15, 0.2) is 8.68 Å². The Morgan fingerprint density at radius 2 is 1.95 bits per heavy atom. The monoisotopic (exact) mass is 354 g/mol. The quantitative estimate of drug-likeness (QED) is 0.438. The van der Waals surface area contributed by atoms with E-state index in [1.165, 1.54) is 18.4 Å². The predicted octanol–water partition coefficient (Wildman–Crippen LogP) is 5.51. The van der Waals surface area contributed by atoms with Crippen molar-refractivity contribution in [2.75, 3.05) is 5.75 Å². The van der Waals surface area contributed by atoms with Gasteiger partial charge in [-0.2, -0.15) is 0 Å². The third kappa shape index (κ3) is 6.18. The Labute approximate surface area is 145 Å². The summed E-state index contributed by atoms with van der Waals surface area (Å²) in [6.07, 6.45) is 2.66. The summed E-state index contributed by atoms with van der Waals surface area (Å²) in [6.45, 7) is 6.29. The van der Waals surface area contributed by atoms with Crippen molar-refractivity contribution in [3.8, 4) is 5.75 Å². The number of hydrogen-bond donors (Lipinski definition) is 0. The second-order valence-electron chi connectivity index (χ2n) is 5.14. The fourth-order valence-corrected chi connectivity index (χ4v) is 4.86. The molecule has 0 N–H and O–H groups in total. The first-order chi connectivity index (χ1) is 10.7. The fourth-order valence-electron chi connectivity index (χ4n) is 1.74. The van der Waals surface area contributed by atoms with Gasteiger partial charge >= 0.3 is 0 Å². The molecule has 1 heterocycles. The molecule has 0 aliphatic carbocycles. The van der Waals surface area contributed by atoms with Crippen LogP contribution in [0, 0.1) is 0 Å². The molecular formula is C16H22N2OS3. The summed E-state index contributed by atoms with van der Waals surface area (Å²) in [5.74, 6) is 2.95. The Hall–Kier alpha value is -0.720. The highest BCUT2D eigenvalue weighted by Crippen LogP contribution is 2.31. The first-order valence-electron chi connectivity index (χ1n) is 7.52. The van der Waals surface area contributed by atoms with Gasteiger partial charge in [0.2, 0.25) is 0 Å². The van der Waals surface area contributed by atoms with Crippen molar-refractivity contribution in [3.05, 3.63) is 29.8 Å². The maximum atomic E-state index is 5.73. The summed E-state index contributed by atoms with van der Waals surface area (Å²) in [5, 5.41) is 8.50. The Kier molecular flexibility index (Phi) is 7.55. The number of unbranched alkanes of at least 4 members (excludes halogenated alkanes) is 1. The van der Waals surface area contributed by atoms with Crippen molar-refractivity contribution in [3.63, 3.8) is 0 Å². The second-order valence-corrected chi connectivity index (χ2v) is 8.68. The Balaban J connectivity index is 1.85. The van der Waals surface area contributed by atoms with Crippen LogP contribution >= 0.6 is 34.9 Å². The van der Waals surface area contributed by atoms with E-state index in [0.717, 1.165) is 25.9 Å². The zero-order valence-electron chi connectivity index (χ0n) is 13.2. The topological polar surface area (TPSA) is 35.0 Å². The molecule has 1 aromatic heterocycles. The Morgan fingerprint density at radius 1 is 1.18 bits per heavy atom. The van der Waals surface area contributed by atoms with E-state index in [2.05, 4.69) is 29.3 Å². The van der Waals surface area contributed by atoms with Gasteiger partial charge in [0.05, 0.1) is 6.10 Å². The standard InChI is InChI=1S/C16H22N2OS3/c1-4-5-9-20-15-17-18-16(22-15)21-11-13-7-6-8-14(10-13)19-12(2)3/h6-8,10,12H,4-5,9,11H2,1-3H3. The molecular weight excluding hydrogens is 332 g/mol. The van der Waals surface area contributed by atoms with Crippen LogP contribution in [0.2, 0.25) is 0 Å². The molecule has 0 saturated carbocycles. The van der Waals surface area contributed by atoms with Crippen molar-refractivity contribution in [2.24, 2.45) is 0 Å². The smallest absolute Gasteiger partial charge is 0.175 e. The number of ether oxygens (including phenoxy) is 1. The number of benzene rings is 1. The molecule has 0 spiro atoms. The van der Waals surface area contributed by atoms with Crippen molar-refractivity contribution in [1.29, 1.82) is 0 Å². The molecule has 120 valence electrons. The molecule has 0 radical (unpaired) electrons. The third-order valence-electron chi connectivity index (χ3n) is 2.74. The average molecular weight is 355 g/mol. The van der Waals surface area contributed by atoms with Gasteiger partial charge in [0, 0.05) is 11.5 Å². The van der Waals surface area contributed by atoms with Crippen LogP contribution in [0.25, 0.3) is 0 Å². The summed E-state index contributed by atoms with van der Waals surface area (Å²) in [7, 11) is 0. The first kappa shape index (κ1) is 17.6. The molecule has 0 saturated heterocycles. The largest absolute Gasteiger partial charge is 0.491 e. The van der Waals surface area contributed by atoms with E-state index in [1.54, 1.807) is 23.1 Å². The maximum Gasteiger partial charge on any atom is 0.175 e. The van der Waals surface area contributed by atoms with Crippen LogP contribution in [0.1, 0.15) is 39.2 Å². The number of nitrogens with zero attached hydrogens (tertiary/aromatic N) is 2. The summed E-state index contributed by atoms with van der Waals surface area (Å²) < 4.78 is 7.84. The highest BCUT2D eigenvalue weighted by atomic mass is 32.2. The summed E-state index contributed by atoms with van der Waals surface area (Å²) >= 11 is 5.24. The number of aromatic nitrogens is 2. The van der Waals surface area contributed by atoms with Crippen LogP contribution in [0.3, 0.4) is 0 Å². The molecule has 2 aromatic rings. The summed E-state index contributed by atoms with van der Waals surface area (Å²) in [4.78, 5) is 0. The molecule has 0 unspecified atom stereocenters.